The number of ketones is 1. The molecule has 0 fully saturated rings. The fraction of sp³-hybridized carbons (Fsp3) is 0.474. The van der Waals surface area contributed by atoms with Gasteiger partial charge in [0.05, 0.1) is 6.04 Å². The lowest BCUT2D eigenvalue weighted by Crippen LogP contribution is -2.42. The fourth-order valence-electron chi connectivity index (χ4n) is 2.41. The number of hydrogen-bond acceptors (Lipinski definition) is 4. The van der Waals surface area contributed by atoms with Crippen LogP contribution < -0.4 is 15.4 Å². The van der Waals surface area contributed by atoms with E-state index in [-0.39, 0.29) is 11.8 Å². The first kappa shape index (κ1) is 19.9. The van der Waals surface area contributed by atoms with Crippen LogP contribution in [-0.2, 0) is 9.59 Å². The zero-order chi connectivity index (χ0) is 17.8. The van der Waals surface area contributed by atoms with Gasteiger partial charge in [-0.25, -0.2) is 0 Å². The van der Waals surface area contributed by atoms with Crippen LogP contribution in [-0.4, -0.2) is 37.9 Å². The van der Waals surface area contributed by atoms with Gasteiger partial charge in [-0.2, -0.15) is 0 Å². The number of rotatable bonds is 12. The zero-order valence-corrected chi connectivity index (χ0v) is 14.7. The molecule has 5 nitrogen and oxygen atoms in total. The number of carbonyl (C=O) groups excluding carboxylic acids is 2. The zero-order valence-electron chi connectivity index (χ0n) is 14.7. The summed E-state index contributed by atoms with van der Waals surface area (Å²) in [5.74, 6) is 1.25. The Bertz CT molecular complexity index is 543. The quantitative estimate of drug-likeness (QED) is 0.456. The molecule has 0 spiro atoms. The molecule has 0 bridgehead atoms. The SMILES string of the molecule is CCC(C)C(NCCOc1ccccc1/C=C/CNC=O)C(C)=O. The maximum absolute atomic E-state index is 11.7. The van der Waals surface area contributed by atoms with Gasteiger partial charge in [-0.05, 0) is 18.9 Å². The summed E-state index contributed by atoms with van der Waals surface area (Å²) in [5, 5.41) is 5.86. The van der Waals surface area contributed by atoms with Gasteiger partial charge in [-0.15, -0.1) is 0 Å². The number of amides is 1. The second-order valence-corrected chi connectivity index (χ2v) is 5.74. The van der Waals surface area contributed by atoms with E-state index in [2.05, 4.69) is 24.5 Å². The number of Topliss-reactive ketones (excluding diaryl/α,β-unsaturated/α-hetero) is 1. The standard InChI is InChI=1S/C19H28N2O3/c1-4-15(2)19(16(3)23)21-12-13-24-18-10-6-5-8-17(18)9-7-11-20-14-22/h5-10,14-15,19,21H,4,11-13H2,1-3H3,(H,20,22)/b9-7+. The molecule has 2 N–H and O–H groups in total. The Morgan fingerprint density at radius 1 is 1.33 bits per heavy atom. The number of nitrogens with one attached hydrogen (secondary N) is 2. The Hall–Kier alpha value is -2.14. The minimum Gasteiger partial charge on any atom is -0.492 e. The Morgan fingerprint density at radius 3 is 2.75 bits per heavy atom. The third-order valence-electron chi connectivity index (χ3n) is 3.91. The maximum atomic E-state index is 11.7. The second kappa shape index (κ2) is 11.4. The van der Waals surface area contributed by atoms with Crippen LogP contribution >= 0.6 is 0 Å². The van der Waals surface area contributed by atoms with Crippen molar-refractivity contribution in [2.24, 2.45) is 5.92 Å². The van der Waals surface area contributed by atoms with Crippen molar-refractivity contribution in [3.8, 4) is 5.75 Å². The van der Waals surface area contributed by atoms with Gasteiger partial charge in [-0.1, -0.05) is 50.6 Å². The van der Waals surface area contributed by atoms with E-state index in [1.54, 1.807) is 6.92 Å². The van der Waals surface area contributed by atoms with E-state index in [4.69, 9.17) is 4.74 Å². The molecule has 0 aromatic heterocycles. The predicted octanol–water partition coefficient (Wildman–Crippen LogP) is 2.42. The third kappa shape index (κ3) is 6.96. The molecule has 2 atom stereocenters. The van der Waals surface area contributed by atoms with Gasteiger partial charge in [0.2, 0.25) is 6.41 Å². The minimum absolute atomic E-state index is 0.122. The van der Waals surface area contributed by atoms with E-state index in [0.29, 0.717) is 32.0 Å². The number of para-hydroxylation sites is 1. The van der Waals surface area contributed by atoms with Crippen LogP contribution in [0.3, 0.4) is 0 Å². The molecular weight excluding hydrogens is 304 g/mol. The van der Waals surface area contributed by atoms with Crippen molar-refractivity contribution < 1.29 is 14.3 Å². The normalized spacial score (nSPS) is 13.5. The molecule has 0 aliphatic rings. The van der Waals surface area contributed by atoms with Gasteiger partial charge in [0, 0.05) is 18.7 Å². The second-order valence-electron chi connectivity index (χ2n) is 5.74. The molecule has 24 heavy (non-hydrogen) atoms. The molecule has 0 radical (unpaired) electrons. The summed E-state index contributed by atoms with van der Waals surface area (Å²) in [6, 6.07) is 7.60. The third-order valence-corrected chi connectivity index (χ3v) is 3.91. The van der Waals surface area contributed by atoms with Crippen LogP contribution in [0.4, 0.5) is 0 Å². The molecule has 132 valence electrons. The van der Waals surface area contributed by atoms with Gasteiger partial charge in [-0.3, -0.25) is 9.59 Å². The summed E-state index contributed by atoms with van der Waals surface area (Å²) >= 11 is 0. The molecule has 0 aliphatic heterocycles. The van der Waals surface area contributed by atoms with E-state index < -0.39 is 0 Å². The number of benzene rings is 1. The highest BCUT2D eigenvalue weighted by Gasteiger charge is 2.19. The monoisotopic (exact) mass is 332 g/mol. The van der Waals surface area contributed by atoms with Crippen LogP contribution in [0, 0.1) is 5.92 Å². The van der Waals surface area contributed by atoms with E-state index in [1.165, 1.54) is 0 Å². The topological polar surface area (TPSA) is 67.4 Å². The Morgan fingerprint density at radius 2 is 2.08 bits per heavy atom. The minimum atomic E-state index is -0.122. The van der Waals surface area contributed by atoms with Crippen molar-refractivity contribution in [2.75, 3.05) is 19.7 Å². The van der Waals surface area contributed by atoms with Crippen LogP contribution in [0.2, 0.25) is 0 Å². The van der Waals surface area contributed by atoms with Crippen molar-refractivity contribution in [1.29, 1.82) is 0 Å². The molecule has 0 saturated heterocycles. The van der Waals surface area contributed by atoms with Gasteiger partial charge in [0.15, 0.2) is 0 Å². The van der Waals surface area contributed by atoms with Gasteiger partial charge < -0.3 is 15.4 Å². The molecule has 1 aromatic carbocycles. The van der Waals surface area contributed by atoms with Gasteiger partial charge >= 0.3 is 0 Å². The van der Waals surface area contributed by atoms with Gasteiger partial charge in [0.25, 0.3) is 0 Å². The largest absolute Gasteiger partial charge is 0.492 e. The Balaban J connectivity index is 2.51. The number of ether oxygens (including phenoxy) is 1. The molecule has 1 aromatic rings. The first-order valence-corrected chi connectivity index (χ1v) is 8.39. The highest BCUT2D eigenvalue weighted by atomic mass is 16.5. The van der Waals surface area contributed by atoms with Crippen molar-refractivity contribution >= 4 is 18.3 Å². The summed E-state index contributed by atoms with van der Waals surface area (Å²) in [6.45, 7) is 7.36. The molecule has 0 heterocycles. The summed E-state index contributed by atoms with van der Waals surface area (Å²) in [6.07, 6.45) is 5.40. The molecule has 5 heteroatoms. The van der Waals surface area contributed by atoms with Crippen molar-refractivity contribution in [3.63, 3.8) is 0 Å². The smallest absolute Gasteiger partial charge is 0.207 e. The summed E-state index contributed by atoms with van der Waals surface area (Å²) in [4.78, 5) is 21.9. The molecule has 1 amide bonds. The first-order chi connectivity index (χ1) is 11.6. The lowest BCUT2D eigenvalue weighted by Gasteiger charge is -2.21. The molecule has 0 aliphatic carbocycles. The van der Waals surface area contributed by atoms with Crippen LogP contribution in [0.5, 0.6) is 5.75 Å². The van der Waals surface area contributed by atoms with E-state index >= 15 is 0 Å². The van der Waals surface area contributed by atoms with Crippen LogP contribution in [0.1, 0.15) is 32.8 Å². The van der Waals surface area contributed by atoms with Gasteiger partial charge in [0.1, 0.15) is 18.1 Å². The van der Waals surface area contributed by atoms with E-state index in [0.717, 1.165) is 17.7 Å². The average Bonchev–Trinajstić information content (AvgIpc) is 2.58. The highest BCUT2D eigenvalue weighted by molar-refractivity contribution is 5.81. The Kier molecular flexibility index (Phi) is 9.46. The summed E-state index contributed by atoms with van der Waals surface area (Å²) < 4.78 is 5.82. The molecule has 1 rings (SSSR count). The summed E-state index contributed by atoms with van der Waals surface area (Å²) in [7, 11) is 0. The lowest BCUT2D eigenvalue weighted by molar-refractivity contribution is -0.120. The number of carbonyl (C=O) groups is 2. The van der Waals surface area contributed by atoms with E-state index in [1.807, 2.05) is 36.4 Å². The van der Waals surface area contributed by atoms with Crippen LogP contribution in [0.15, 0.2) is 30.3 Å². The Labute approximate surface area is 144 Å². The predicted molar refractivity (Wildman–Crippen MR) is 97.0 cm³/mol. The lowest BCUT2D eigenvalue weighted by atomic mass is 9.96. The van der Waals surface area contributed by atoms with Crippen molar-refractivity contribution in [3.05, 3.63) is 35.9 Å². The van der Waals surface area contributed by atoms with Crippen LogP contribution in [0.25, 0.3) is 6.08 Å². The molecule has 2 unspecified atom stereocenters. The molecule has 0 saturated carbocycles. The van der Waals surface area contributed by atoms with Crippen molar-refractivity contribution in [1.82, 2.24) is 10.6 Å². The van der Waals surface area contributed by atoms with E-state index in [9.17, 15) is 9.59 Å². The highest BCUT2D eigenvalue weighted by Crippen LogP contribution is 2.19. The number of hydrogen-bond donors (Lipinski definition) is 2. The van der Waals surface area contributed by atoms with Crippen molar-refractivity contribution in [2.45, 2.75) is 33.2 Å². The summed E-state index contributed by atoms with van der Waals surface area (Å²) in [5.41, 5.74) is 0.954. The maximum Gasteiger partial charge on any atom is 0.207 e. The first-order valence-electron chi connectivity index (χ1n) is 8.39. The average molecular weight is 332 g/mol. The molecular formula is C19H28N2O3. The fourth-order valence-corrected chi connectivity index (χ4v) is 2.41.